The normalized spacial score (nSPS) is 12.3. The Kier molecular flexibility index (Phi) is 27.9. The van der Waals surface area contributed by atoms with Gasteiger partial charge in [-0.15, -0.1) is 22.1 Å². The first-order chi connectivity index (χ1) is 34.0. The first kappa shape index (κ1) is 67.9. The van der Waals surface area contributed by atoms with Gasteiger partial charge in [-0.2, -0.15) is 0 Å². The predicted molar refractivity (Wildman–Crippen MR) is 266 cm³/mol. The molecule has 402 valence electrons. The Balaban J connectivity index is -0.00000825. The number of fused-ring (bicyclic) bond motifs is 8. The van der Waals surface area contributed by atoms with Crippen molar-refractivity contribution in [2.45, 2.75) is 66.4 Å². The summed E-state index contributed by atoms with van der Waals surface area (Å²) in [5, 5.41) is 68.6. The molecule has 26 heteroatoms. The molecule has 0 saturated carbocycles. The largest absolute Gasteiger partial charge is 3.00 e. The minimum atomic E-state index is -1.57. The van der Waals surface area contributed by atoms with Crippen molar-refractivity contribution >= 4 is 132 Å². The molecule has 0 aliphatic carbocycles. The van der Waals surface area contributed by atoms with Crippen molar-refractivity contribution in [3.8, 4) is 0 Å². The van der Waals surface area contributed by atoms with Crippen molar-refractivity contribution < 1.29 is 88.9 Å². The number of aryl methyl sites for hydroxylation is 4. The number of esters is 1. The van der Waals surface area contributed by atoms with E-state index in [1.807, 2.05) is 32.9 Å². The van der Waals surface area contributed by atoms with Crippen LogP contribution in [0.2, 0.25) is 0 Å². The molecule has 0 radical (unpaired) electrons. The fourth-order valence-corrected chi connectivity index (χ4v) is 8.54. The number of allylic oxidation sites excluding steroid dienone is 4. The second-order valence-electron chi connectivity index (χ2n) is 17.3. The van der Waals surface area contributed by atoms with Crippen molar-refractivity contribution in [2.24, 2.45) is 0 Å². The van der Waals surface area contributed by atoms with Gasteiger partial charge in [0.15, 0.2) is 0 Å². The Bertz CT molecular complexity index is 2880. The number of carboxylic acid groups (broad SMARTS) is 6. The van der Waals surface area contributed by atoms with Gasteiger partial charge in [-0.05, 0) is 77.5 Å². The van der Waals surface area contributed by atoms with Gasteiger partial charge in [-0.3, -0.25) is 19.5 Å². The van der Waals surface area contributed by atoms with E-state index < -0.39 is 80.6 Å². The Hall–Kier alpha value is -6.10. The molecule has 5 rings (SSSR count). The number of hydrogen-bond acceptors (Lipinski definition) is 21. The first-order valence-electron chi connectivity index (χ1n) is 22.9. The number of ether oxygens (including phenoxy) is 2. The molecule has 3 aromatic rings. The zero-order valence-corrected chi connectivity index (χ0v) is 48.4. The van der Waals surface area contributed by atoms with E-state index in [-0.39, 0.29) is 126 Å². The number of nitrogens with zero attached hydrogens (tertiary/aromatic N) is 7. The van der Waals surface area contributed by atoms with Crippen LogP contribution >= 0.6 is 0 Å². The van der Waals surface area contributed by atoms with Crippen LogP contribution in [-0.4, -0.2) is 201 Å². The minimum absolute atomic E-state index is 0. The maximum Gasteiger partial charge on any atom is 3.00 e. The average Bonchev–Trinajstić information content (AvgIpc) is 3.95. The van der Waals surface area contributed by atoms with Crippen LogP contribution in [0.3, 0.4) is 0 Å². The third-order valence-corrected chi connectivity index (χ3v) is 12.2. The molecule has 5 heterocycles. The fraction of sp³-hybridized carbons (Fsp3) is 0.420. The third-order valence-electron chi connectivity index (χ3n) is 12.2. The number of carbonyl (C=O) groups is 7. The molecule has 1 unspecified atom stereocenters. The van der Waals surface area contributed by atoms with E-state index in [0.717, 1.165) is 32.1 Å². The number of aromatic nitrogens is 4. The smallest absolute Gasteiger partial charge is 0.870 e. The summed E-state index contributed by atoms with van der Waals surface area (Å²) in [5.41, 5.74) is 9.64. The summed E-state index contributed by atoms with van der Waals surface area (Å²) in [6, 6.07) is 7.09. The average molecular weight is 1210 g/mol. The Morgan fingerprint density at radius 1 is 0.605 bits per heavy atom. The van der Waals surface area contributed by atoms with Crippen LogP contribution in [-0.2, 0) is 55.9 Å². The first-order valence-corrected chi connectivity index (χ1v) is 22.9. The van der Waals surface area contributed by atoms with E-state index in [9.17, 15) is 64.2 Å². The fourth-order valence-electron chi connectivity index (χ4n) is 8.54. The van der Waals surface area contributed by atoms with E-state index >= 15 is 0 Å². The molecule has 3 N–H and O–H groups in total. The van der Waals surface area contributed by atoms with Gasteiger partial charge in [0.05, 0.1) is 65.9 Å². The van der Waals surface area contributed by atoms with Crippen molar-refractivity contribution in [1.82, 2.24) is 34.6 Å². The molecule has 2 aliphatic rings. The molecular formula is C50H59GaInN7O17. The molecule has 0 aromatic carbocycles. The second-order valence-corrected chi connectivity index (χ2v) is 17.3. The Labute approximate surface area is 473 Å². The zero-order valence-electron chi connectivity index (χ0n) is 45.6. The molecule has 0 saturated heterocycles. The summed E-state index contributed by atoms with van der Waals surface area (Å²) >= 11 is 0. The van der Waals surface area contributed by atoms with E-state index in [0.29, 0.717) is 67.1 Å². The zero-order chi connectivity index (χ0) is 53.0. The topological polar surface area (TPSA) is 402 Å². The van der Waals surface area contributed by atoms with Gasteiger partial charge in [-0.1, -0.05) is 53.1 Å². The van der Waals surface area contributed by atoms with Crippen LogP contribution in [0.25, 0.3) is 44.4 Å². The van der Waals surface area contributed by atoms with E-state index in [4.69, 9.17) is 29.4 Å². The number of carbonyl (C=O) groups excluding carboxylic acids is 7. The molecule has 1 atom stereocenters. The van der Waals surface area contributed by atoms with Gasteiger partial charge in [0.2, 0.25) is 0 Å². The minimum Gasteiger partial charge on any atom is -0.870 e. The van der Waals surface area contributed by atoms with Gasteiger partial charge >= 0.3 is 55.9 Å². The molecule has 3 aromatic heterocycles. The van der Waals surface area contributed by atoms with Gasteiger partial charge in [0.25, 0.3) is 0 Å². The molecule has 0 fully saturated rings. The second kappa shape index (κ2) is 31.2. The van der Waals surface area contributed by atoms with E-state index in [1.54, 1.807) is 32.1 Å². The van der Waals surface area contributed by atoms with Gasteiger partial charge in [-0.25, -0.2) is 9.97 Å². The Morgan fingerprint density at radius 2 is 1.03 bits per heavy atom. The monoisotopic (exact) mass is 1210 g/mol. The van der Waals surface area contributed by atoms with Crippen LogP contribution in [0.5, 0.6) is 0 Å². The summed E-state index contributed by atoms with van der Waals surface area (Å²) < 4.78 is 11.6. The van der Waals surface area contributed by atoms with Gasteiger partial charge in [0.1, 0.15) is 6.61 Å². The van der Waals surface area contributed by atoms with Crippen LogP contribution in [0.4, 0.5) is 0 Å². The number of carboxylic acids is 6. The standard InChI is InChI=1S/C50H61N7O15.Ga.In.2H2O/c1-7-32-27(2)35-18-36-28(3)33(8-10-43(58)59)40(52-36)21-41-34(9-11-44(60)61)29(4)37(53-41)20-42-50(30(5)38(54-42)19-39(32)51-35)31(6)71-16-17-72-49(70)26-57(25-48(68)69)15-13-55(22-45(62)63)12-14-56(23-46(64)65)24-47(66)67;;;;/h7,18-21,31H,1,8-17,22-26H2,2-6H3,(H8,51,52,53,54,58,59,60,61,62,63,64,65,66,67,68,69);;;2*1H2/q;2*+3;;/p-6/i;;1-4;;. The summed E-state index contributed by atoms with van der Waals surface area (Å²) in [4.78, 5) is 105. The predicted octanol–water partition coefficient (Wildman–Crippen LogP) is -5.97. The number of aliphatic carboxylic acids is 6. The molecule has 24 nitrogen and oxygen atoms in total. The molecule has 0 spiro atoms. The van der Waals surface area contributed by atoms with Crippen molar-refractivity contribution in [3.05, 3.63) is 81.9 Å². The maximum absolute atomic E-state index is 13.0. The third kappa shape index (κ3) is 18.9. The van der Waals surface area contributed by atoms with Crippen LogP contribution in [0.1, 0.15) is 82.9 Å². The van der Waals surface area contributed by atoms with Crippen LogP contribution < -0.4 is 40.6 Å². The van der Waals surface area contributed by atoms with Crippen molar-refractivity contribution in [3.63, 3.8) is 0 Å². The number of hydrogen-bond donors (Lipinski definition) is 0. The van der Waals surface area contributed by atoms with Crippen LogP contribution in [0, 0.1) is 13.8 Å². The van der Waals surface area contributed by atoms with Crippen molar-refractivity contribution in [1.29, 1.82) is 0 Å². The van der Waals surface area contributed by atoms with E-state index in [1.165, 1.54) is 4.90 Å². The quantitative estimate of drug-likeness (QED) is 0.0371. The molecule has 76 heavy (non-hydrogen) atoms. The molecular weight excluding hydrogens is 1150 g/mol. The van der Waals surface area contributed by atoms with Crippen LogP contribution in [0.15, 0.2) is 36.9 Å². The SMILES string of the molecule is C=CC1=C(C)c2cc3[n-]c(cc4[n-]c(cc5nc(cc1n2)C(C)=C5C(C)OCCOC(=O)CN(CCN(CCN(CC(=O)[O-])CC(=O)[O-])CC(=O)[O-])CC(=O)[O-])c(C)c4CCC(=O)[O-])c(CCC(=O)[O-])c3C.O.[111In+3].[Ga+3].[H+].[H+].[H+].[OH-]. The van der Waals surface area contributed by atoms with Gasteiger partial charge < -0.3 is 89.8 Å². The summed E-state index contributed by atoms with van der Waals surface area (Å²) in [6.45, 7) is 8.45. The summed E-state index contributed by atoms with van der Waals surface area (Å²) in [6.07, 6.45) is 0.611. The Morgan fingerprint density at radius 3 is 1.49 bits per heavy atom. The molecule has 8 bridgehead atoms. The summed E-state index contributed by atoms with van der Waals surface area (Å²) in [7, 11) is 0. The molecule has 2 aliphatic heterocycles. The summed E-state index contributed by atoms with van der Waals surface area (Å²) in [5.74, 6) is -9.56. The van der Waals surface area contributed by atoms with Gasteiger partial charge in [0, 0.05) is 75.4 Å². The van der Waals surface area contributed by atoms with Crippen molar-refractivity contribution in [2.75, 3.05) is 72.1 Å². The van der Waals surface area contributed by atoms with E-state index in [2.05, 4.69) is 6.58 Å². The number of rotatable bonds is 28. The molecule has 0 amide bonds. The maximum atomic E-state index is 13.0.